The fourth-order valence-electron chi connectivity index (χ4n) is 1.61. The van der Waals surface area contributed by atoms with Crippen LogP contribution in [-0.4, -0.2) is 31.6 Å². The topological polar surface area (TPSA) is 35.2 Å². The fourth-order valence-corrected chi connectivity index (χ4v) is 1.61. The number of benzene rings is 1. The van der Waals surface area contributed by atoms with Gasteiger partial charge >= 0.3 is 12.3 Å². The van der Waals surface area contributed by atoms with Gasteiger partial charge in [-0.1, -0.05) is 6.07 Å². The molecular formula is C13H16F5NO. The van der Waals surface area contributed by atoms with Gasteiger partial charge in [-0.2, -0.15) is 8.78 Å². The van der Waals surface area contributed by atoms with Gasteiger partial charge in [-0.25, -0.2) is 13.2 Å². The standard InChI is InChI=1S/C13H16F5NO/c1-8-2-3-10(14)4-9(8)5-11(19)6-20-7-13(17,18)12(15)16/h2-4,11-12H,5-7,19H2,1H3. The number of rotatable bonds is 7. The normalized spacial score (nSPS) is 13.8. The van der Waals surface area contributed by atoms with Gasteiger partial charge in [0.2, 0.25) is 0 Å². The Morgan fingerprint density at radius 3 is 2.55 bits per heavy atom. The third-order valence-corrected chi connectivity index (χ3v) is 2.74. The van der Waals surface area contributed by atoms with Crippen LogP contribution in [0.4, 0.5) is 22.0 Å². The quantitative estimate of drug-likeness (QED) is 0.785. The Labute approximate surface area is 113 Å². The van der Waals surface area contributed by atoms with Crippen LogP contribution in [0.2, 0.25) is 0 Å². The van der Waals surface area contributed by atoms with Crippen molar-refractivity contribution in [1.29, 1.82) is 0 Å². The Bertz CT molecular complexity index is 439. The maximum Gasteiger partial charge on any atom is 0.330 e. The Morgan fingerprint density at radius 2 is 1.95 bits per heavy atom. The lowest BCUT2D eigenvalue weighted by Crippen LogP contribution is -2.36. The molecule has 1 rings (SSSR count). The van der Waals surface area contributed by atoms with Gasteiger partial charge in [-0.15, -0.1) is 0 Å². The fraction of sp³-hybridized carbons (Fsp3) is 0.538. The van der Waals surface area contributed by atoms with E-state index in [2.05, 4.69) is 4.74 Å². The first-order chi connectivity index (χ1) is 9.22. The molecule has 2 nitrogen and oxygen atoms in total. The molecule has 0 heterocycles. The van der Waals surface area contributed by atoms with Crippen LogP contribution in [-0.2, 0) is 11.2 Å². The molecule has 0 aliphatic heterocycles. The molecule has 0 saturated carbocycles. The zero-order valence-corrected chi connectivity index (χ0v) is 10.9. The maximum absolute atomic E-state index is 13.0. The van der Waals surface area contributed by atoms with E-state index >= 15 is 0 Å². The molecular weight excluding hydrogens is 281 g/mol. The first-order valence-corrected chi connectivity index (χ1v) is 5.96. The third kappa shape index (κ3) is 5.05. The van der Waals surface area contributed by atoms with Crippen LogP contribution >= 0.6 is 0 Å². The second kappa shape index (κ2) is 6.99. The Balaban J connectivity index is 2.44. The van der Waals surface area contributed by atoms with E-state index in [-0.39, 0.29) is 13.0 Å². The zero-order valence-electron chi connectivity index (χ0n) is 10.9. The summed E-state index contributed by atoms with van der Waals surface area (Å²) in [5.41, 5.74) is 7.08. The summed E-state index contributed by atoms with van der Waals surface area (Å²) in [5, 5.41) is 0. The second-order valence-electron chi connectivity index (χ2n) is 4.61. The van der Waals surface area contributed by atoms with Crippen molar-refractivity contribution in [2.45, 2.75) is 31.7 Å². The molecule has 0 spiro atoms. The Kier molecular flexibility index (Phi) is 5.88. The lowest BCUT2D eigenvalue weighted by Gasteiger charge is -2.18. The lowest BCUT2D eigenvalue weighted by molar-refractivity contribution is -0.166. The minimum Gasteiger partial charge on any atom is -0.373 e. The van der Waals surface area contributed by atoms with Gasteiger partial charge in [0.25, 0.3) is 0 Å². The summed E-state index contributed by atoms with van der Waals surface area (Å²) < 4.78 is 66.5. The molecule has 0 bridgehead atoms. The molecule has 7 heteroatoms. The number of hydrogen-bond donors (Lipinski definition) is 1. The van der Waals surface area contributed by atoms with Crippen molar-refractivity contribution in [3.63, 3.8) is 0 Å². The molecule has 1 unspecified atom stereocenters. The van der Waals surface area contributed by atoms with E-state index < -0.39 is 30.8 Å². The predicted molar refractivity (Wildman–Crippen MR) is 64.6 cm³/mol. The van der Waals surface area contributed by atoms with Gasteiger partial charge in [0.1, 0.15) is 12.4 Å². The van der Waals surface area contributed by atoms with E-state index in [0.29, 0.717) is 5.56 Å². The minimum atomic E-state index is -4.19. The highest BCUT2D eigenvalue weighted by Gasteiger charge is 2.41. The first kappa shape index (κ1) is 16.8. The summed E-state index contributed by atoms with van der Waals surface area (Å²) >= 11 is 0. The van der Waals surface area contributed by atoms with E-state index in [4.69, 9.17) is 5.73 Å². The molecule has 2 N–H and O–H groups in total. The van der Waals surface area contributed by atoms with Crippen LogP contribution in [0, 0.1) is 12.7 Å². The van der Waals surface area contributed by atoms with Crippen molar-refractivity contribution in [1.82, 2.24) is 0 Å². The molecule has 0 aliphatic rings. The summed E-state index contributed by atoms with van der Waals surface area (Å²) in [5.74, 6) is -4.61. The van der Waals surface area contributed by atoms with Gasteiger partial charge in [-0.05, 0) is 36.6 Å². The number of ether oxygens (including phenoxy) is 1. The van der Waals surface area contributed by atoms with Crippen LogP contribution in [0.5, 0.6) is 0 Å². The van der Waals surface area contributed by atoms with E-state index in [1.165, 1.54) is 12.1 Å². The summed E-state index contributed by atoms with van der Waals surface area (Å²) in [6.07, 6.45) is -3.56. The average Bonchev–Trinajstić information content (AvgIpc) is 2.33. The highest BCUT2D eigenvalue weighted by molar-refractivity contribution is 5.27. The summed E-state index contributed by atoms with van der Waals surface area (Å²) in [6.45, 7) is 0.0616. The summed E-state index contributed by atoms with van der Waals surface area (Å²) in [6, 6.07) is 3.49. The van der Waals surface area contributed by atoms with Crippen LogP contribution in [0.15, 0.2) is 18.2 Å². The van der Waals surface area contributed by atoms with Crippen molar-refractivity contribution >= 4 is 0 Å². The third-order valence-electron chi connectivity index (χ3n) is 2.74. The van der Waals surface area contributed by atoms with Crippen LogP contribution in [0.3, 0.4) is 0 Å². The molecule has 20 heavy (non-hydrogen) atoms. The van der Waals surface area contributed by atoms with Gasteiger partial charge in [0, 0.05) is 6.04 Å². The Hall–Kier alpha value is -1.21. The summed E-state index contributed by atoms with van der Waals surface area (Å²) in [4.78, 5) is 0. The second-order valence-corrected chi connectivity index (χ2v) is 4.61. The predicted octanol–water partition coefficient (Wildman–Crippen LogP) is 2.92. The SMILES string of the molecule is Cc1ccc(F)cc1CC(N)COCC(F)(F)C(F)F. The van der Waals surface area contributed by atoms with E-state index in [1.54, 1.807) is 13.0 Å². The number of aryl methyl sites for hydroxylation is 1. The molecule has 1 aromatic carbocycles. The summed E-state index contributed by atoms with van der Waals surface area (Å²) in [7, 11) is 0. The van der Waals surface area contributed by atoms with Gasteiger partial charge in [0.15, 0.2) is 0 Å². The van der Waals surface area contributed by atoms with E-state index in [9.17, 15) is 22.0 Å². The first-order valence-electron chi connectivity index (χ1n) is 5.96. The number of hydrogen-bond acceptors (Lipinski definition) is 2. The molecule has 1 atom stereocenters. The lowest BCUT2D eigenvalue weighted by atomic mass is 10.0. The number of halogens is 5. The molecule has 1 aromatic rings. The highest BCUT2D eigenvalue weighted by atomic mass is 19.3. The molecule has 0 amide bonds. The number of alkyl halides is 4. The molecule has 0 fully saturated rings. The average molecular weight is 297 g/mol. The zero-order chi connectivity index (χ0) is 15.3. The van der Waals surface area contributed by atoms with Crippen LogP contribution < -0.4 is 5.73 Å². The van der Waals surface area contributed by atoms with Crippen molar-refractivity contribution in [3.8, 4) is 0 Å². The molecule has 0 radical (unpaired) electrons. The van der Waals surface area contributed by atoms with Crippen molar-refractivity contribution in [2.24, 2.45) is 5.73 Å². The molecule has 0 aromatic heterocycles. The minimum absolute atomic E-state index is 0.212. The highest BCUT2D eigenvalue weighted by Crippen LogP contribution is 2.23. The van der Waals surface area contributed by atoms with Crippen LogP contribution in [0.1, 0.15) is 11.1 Å². The molecule has 0 saturated heterocycles. The number of nitrogens with two attached hydrogens (primary N) is 1. The maximum atomic E-state index is 13.0. The van der Waals surface area contributed by atoms with E-state index in [1.807, 2.05) is 0 Å². The van der Waals surface area contributed by atoms with Crippen molar-refractivity contribution in [3.05, 3.63) is 35.1 Å². The van der Waals surface area contributed by atoms with Gasteiger partial charge < -0.3 is 10.5 Å². The largest absolute Gasteiger partial charge is 0.373 e. The van der Waals surface area contributed by atoms with Gasteiger partial charge in [-0.3, -0.25) is 0 Å². The van der Waals surface area contributed by atoms with Crippen LogP contribution in [0.25, 0.3) is 0 Å². The molecule has 114 valence electrons. The smallest absolute Gasteiger partial charge is 0.330 e. The van der Waals surface area contributed by atoms with E-state index in [0.717, 1.165) is 5.56 Å². The van der Waals surface area contributed by atoms with Crippen molar-refractivity contribution in [2.75, 3.05) is 13.2 Å². The Morgan fingerprint density at radius 1 is 1.30 bits per heavy atom. The monoisotopic (exact) mass is 297 g/mol. The van der Waals surface area contributed by atoms with Crippen molar-refractivity contribution < 1.29 is 26.7 Å². The van der Waals surface area contributed by atoms with Gasteiger partial charge in [0.05, 0.1) is 6.61 Å². The molecule has 0 aliphatic carbocycles.